The minimum absolute atomic E-state index is 0.0368. The highest BCUT2D eigenvalue weighted by Crippen LogP contribution is 2.22. The summed E-state index contributed by atoms with van der Waals surface area (Å²) in [6.45, 7) is 2.84. The van der Waals surface area contributed by atoms with Crippen LogP contribution >= 0.6 is 0 Å². The van der Waals surface area contributed by atoms with Crippen molar-refractivity contribution in [2.45, 2.75) is 37.1 Å². The van der Waals surface area contributed by atoms with Gasteiger partial charge < -0.3 is 5.32 Å². The molecule has 1 heterocycles. The Morgan fingerprint density at radius 2 is 1.47 bits per heavy atom. The third-order valence-electron chi connectivity index (χ3n) is 6.01. The zero-order valence-electron chi connectivity index (χ0n) is 18.2. The van der Waals surface area contributed by atoms with Crippen molar-refractivity contribution in [2.24, 2.45) is 0 Å². The predicted octanol–water partition coefficient (Wildman–Crippen LogP) is 4.50. The van der Waals surface area contributed by atoms with E-state index in [1.54, 1.807) is 12.1 Å². The van der Waals surface area contributed by atoms with Crippen molar-refractivity contribution >= 4 is 15.9 Å². The number of sulfonamides is 1. The number of hydrogen-bond donors (Lipinski definition) is 1. The quantitative estimate of drug-likeness (QED) is 0.604. The molecule has 0 aliphatic carbocycles. The van der Waals surface area contributed by atoms with Crippen molar-refractivity contribution in [1.29, 1.82) is 0 Å². The number of carbonyl (C=O) groups is 1. The zero-order chi connectivity index (χ0) is 22.6. The summed E-state index contributed by atoms with van der Waals surface area (Å²) in [5.41, 5.74) is 3.89. The number of aryl methyl sites for hydroxylation is 1. The van der Waals surface area contributed by atoms with E-state index < -0.39 is 10.0 Å². The SMILES string of the molecule is CCc1ccc(S(=O)(=O)N2CCC(NC(=O)c3ccc(-c4ccccc4)cc3)CC2)cc1. The molecule has 32 heavy (non-hydrogen) atoms. The number of amides is 1. The van der Waals surface area contributed by atoms with Crippen LogP contribution in [0.5, 0.6) is 0 Å². The van der Waals surface area contributed by atoms with Crippen molar-refractivity contribution in [1.82, 2.24) is 9.62 Å². The van der Waals surface area contributed by atoms with Gasteiger partial charge in [-0.3, -0.25) is 4.79 Å². The Morgan fingerprint density at radius 1 is 0.875 bits per heavy atom. The van der Waals surface area contributed by atoms with Gasteiger partial charge in [-0.25, -0.2) is 8.42 Å². The largest absolute Gasteiger partial charge is 0.349 e. The molecule has 1 aliphatic heterocycles. The lowest BCUT2D eigenvalue weighted by molar-refractivity contribution is 0.0924. The van der Waals surface area contributed by atoms with E-state index in [1.165, 1.54) is 4.31 Å². The molecule has 5 nitrogen and oxygen atoms in total. The molecule has 166 valence electrons. The lowest BCUT2D eigenvalue weighted by Crippen LogP contribution is -2.46. The lowest BCUT2D eigenvalue weighted by atomic mass is 10.0. The minimum Gasteiger partial charge on any atom is -0.349 e. The standard InChI is InChI=1S/C26H28N2O3S/c1-2-20-8-14-25(15-9-20)32(30,31)28-18-16-24(17-19-28)27-26(29)23-12-10-22(11-13-23)21-6-4-3-5-7-21/h3-15,24H,2,16-19H2,1H3,(H,27,29). The normalized spacial score (nSPS) is 15.4. The smallest absolute Gasteiger partial charge is 0.251 e. The van der Waals surface area contributed by atoms with Gasteiger partial charge in [-0.2, -0.15) is 4.31 Å². The summed E-state index contributed by atoms with van der Waals surface area (Å²) in [5, 5.41) is 3.06. The van der Waals surface area contributed by atoms with Crippen molar-refractivity contribution in [2.75, 3.05) is 13.1 Å². The number of benzene rings is 3. The highest BCUT2D eigenvalue weighted by Gasteiger charge is 2.30. The fourth-order valence-corrected chi connectivity index (χ4v) is 5.47. The van der Waals surface area contributed by atoms with E-state index in [0.717, 1.165) is 23.1 Å². The monoisotopic (exact) mass is 448 g/mol. The maximum Gasteiger partial charge on any atom is 0.251 e. The van der Waals surface area contributed by atoms with Crippen LogP contribution in [-0.2, 0) is 16.4 Å². The van der Waals surface area contributed by atoms with Gasteiger partial charge in [0.1, 0.15) is 0 Å². The first-order valence-corrected chi connectivity index (χ1v) is 12.5. The second kappa shape index (κ2) is 9.67. The van der Waals surface area contributed by atoms with Gasteiger partial charge in [0.25, 0.3) is 5.91 Å². The van der Waals surface area contributed by atoms with Crippen molar-refractivity contribution in [3.05, 3.63) is 90.0 Å². The molecule has 0 bridgehead atoms. The van der Waals surface area contributed by atoms with E-state index in [9.17, 15) is 13.2 Å². The van der Waals surface area contributed by atoms with Gasteiger partial charge in [0.15, 0.2) is 0 Å². The second-order valence-corrected chi connectivity index (χ2v) is 10.0. The van der Waals surface area contributed by atoms with Gasteiger partial charge in [-0.15, -0.1) is 0 Å². The molecule has 0 aromatic heterocycles. The molecule has 4 rings (SSSR count). The first-order chi connectivity index (χ1) is 15.5. The van der Waals surface area contributed by atoms with Gasteiger partial charge in [0, 0.05) is 24.7 Å². The van der Waals surface area contributed by atoms with Crippen LogP contribution in [0.3, 0.4) is 0 Å². The number of hydrogen-bond acceptors (Lipinski definition) is 3. The Balaban J connectivity index is 1.34. The van der Waals surface area contributed by atoms with Gasteiger partial charge in [-0.05, 0) is 60.2 Å². The van der Waals surface area contributed by atoms with Crippen LogP contribution in [0, 0.1) is 0 Å². The molecular weight excluding hydrogens is 420 g/mol. The van der Waals surface area contributed by atoms with Gasteiger partial charge >= 0.3 is 0 Å². The fourth-order valence-electron chi connectivity index (χ4n) is 4.00. The summed E-state index contributed by atoms with van der Waals surface area (Å²) in [5.74, 6) is -0.124. The molecule has 3 aromatic rings. The van der Waals surface area contributed by atoms with E-state index >= 15 is 0 Å². The molecule has 1 fully saturated rings. The molecule has 0 saturated carbocycles. The van der Waals surface area contributed by atoms with Crippen LogP contribution in [0.1, 0.15) is 35.7 Å². The molecule has 0 atom stereocenters. The Labute approximate surface area is 190 Å². The van der Waals surface area contributed by atoms with Crippen LogP contribution < -0.4 is 5.32 Å². The van der Waals surface area contributed by atoms with Gasteiger partial charge in [0.05, 0.1) is 4.90 Å². The Hall–Kier alpha value is -2.96. The van der Waals surface area contributed by atoms with Gasteiger partial charge in [-0.1, -0.05) is 61.5 Å². The van der Waals surface area contributed by atoms with E-state index in [4.69, 9.17) is 0 Å². The van der Waals surface area contributed by atoms with Crippen molar-refractivity contribution in [3.8, 4) is 11.1 Å². The number of nitrogens with one attached hydrogen (secondary N) is 1. The topological polar surface area (TPSA) is 66.5 Å². The van der Waals surface area contributed by atoms with Gasteiger partial charge in [0.2, 0.25) is 10.0 Å². The molecule has 0 spiro atoms. The summed E-state index contributed by atoms with van der Waals surface area (Å²) in [7, 11) is -3.50. The summed E-state index contributed by atoms with van der Waals surface area (Å²) >= 11 is 0. The Bertz CT molecular complexity index is 1150. The number of nitrogens with zero attached hydrogens (tertiary/aromatic N) is 1. The van der Waals surface area contributed by atoms with E-state index in [1.807, 2.05) is 73.7 Å². The van der Waals surface area contributed by atoms with Crippen LogP contribution in [0.2, 0.25) is 0 Å². The van der Waals surface area contributed by atoms with Crippen molar-refractivity contribution < 1.29 is 13.2 Å². The van der Waals surface area contributed by atoms with E-state index in [2.05, 4.69) is 5.32 Å². The first kappa shape index (κ1) is 22.2. The number of piperidine rings is 1. The summed E-state index contributed by atoms with van der Waals surface area (Å²) in [6.07, 6.45) is 2.07. The average molecular weight is 449 g/mol. The molecule has 6 heteroatoms. The molecule has 0 radical (unpaired) electrons. The Morgan fingerprint density at radius 3 is 2.06 bits per heavy atom. The third kappa shape index (κ3) is 4.92. The fraction of sp³-hybridized carbons (Fsp3) is 0.269. The number of carbonyl (C=O) groups excluding carboxylic acids is 1. The van der Waals surface area contributed by atoms with Crippen LogP contribution in [-0.4, -0.2) is 37.8 Å². The zero-order valence-corrected chi connectivity index (χ0v) is 19.0. The minimum atomic E-state index is -3.50. The van der Waals surface area contributed by atoms with Crippen molar-refractivity contribution in [3.63, 3.8) is 0 Å². The molecule has 1 aliphatic rings. The summed E-state index contributed by atoms with van der Waals surface area (Å²) < 4.78 is 27.4. The van der Waals surface area contributed by atoms with Crippen LogP contribution in [0.4, 0.5) is 0 Å². The number of rotatable bonds is 6. The van der Waals surface area contributed by atoms with E-state index in [0.29, 0.717) is 36.4 Å². The molecule has 1 saturated heterocycles. The molecule has 1 N–H and O–H groups in total. The van der Waals surface area contributed by atoms with Crippen LogP contribution in [0.25, 0.3) is 11.1 Å². The third-order valence-corrected chi connectivity index (χ3v) is 7.93. The highest BCUT2D eigenvalue weighted by molar-refractivity contribution is 7.89. The summed E-state index contributed by atoms with van der Waals surface area (Å²) in [4.78, 5) is 13.0. The lowest BCUT2D eigenvalue weighted by Gasteiger charge is -2.31. The predicted molar refractivity (Wildman–Crippen MR) is 127 cm³/mol. The molecule has 3 aromatic carbocycles. The maximum atomic E-state index is 12.9. The second-order valence-electron chi connectivity index (χ2n) is 8.09. The maximum absolute atomic E-state index is 12.9. The highest BCUT2D eigenvalue weighted by atomic mass is 32.2. The Kier molecular flexibility index (Phi) is 6.72. The average Bonchev–Trinajstić information content (AvgIpc) is 2.85. The molecular formula is C26H28N2O3S. The molecule has 1 amide bonds. The molecule has 0 unspecified atom stereocenters. The summed E-state index contributed by atoms with van der Waals surface area (Å²) in [6, 6.07) is 24.6. The van der Waals surface area contributed by atoms with E-state index in [-0.39, 0.29) is 11.9 Å². The first-order valence-electron chi connectivity index (χ1n) is 11.0. The van der Waals surface area contributed by atoms with Crippen LogP contribution in [0.15, 0.2) is 83.8 Å².